The fourth-order valence-electron chi connectivity index (χ4n) is 0. The van der Waals surface area contributed by atoms with Gasteiger partial charge in [0.1, 0.15) is 0 Å². The third kappa shape index (κ3) is 1710. The summed E-state index contributed by atoms with van der Waals surface area (Å²) in [6.07, 6.45) is 1.50. The molecular weight excluding hydrogens is 514 g/mol. The van der Waals surface area contributed by atoms with Gasteiger partial charge in [0.15, 0.2) is 0 Å². The topological polar surface area (TPSA) is 201 Å². The summed E-state index contributed by atoms with van der Waals surface area (Å²) in [6.45, 7) is -2.00. The Kier molecular flexibility index (Phi) is 173. The number of hydrogen-bond donors (Lipinski definition) is 0. The number of nitrogens with zero attached hydrogens (tertiary/aromatic N) is 2. The second-order valence-corrected chi connectivity index (χ2v) is 2.52. The molecule has 0 N–H and O–H groups in total. The number of rotatable bonds is 2. The Morgan fingerprint density at radius 1 is 0.500 bits per heavy atom. The largest absolute Gasteiger partial charge is 2.00 e. The van der Waals surface area contributed by atoms with Gasteiger partial charge in [-0.15, -0.1) is 0 Å². The molecular formula is C10H18N2O10Rh2. The van der Waals surface area contributed by atoms with E-state index in [1.165, 1.54) is 9.80 Å². The summed E-state index contributed by atoms with van der Waals surface area (Å²) in [4.78, 5) is 54.8. The van der Waals surface area contributed by atoms with E-state index in [1.54, 1.807) is 28.2 Å². The van der Waals surface area contributed by atoms with Crippen LogP contribution in [0.4, 0.5) is 0 Å². The van der Waals surface area contributed by atoms with Crippen LogP contribution in [0.1, 0.15) is 0 Å². The number of carbonyl (C=O) groups is 6. The van der Waals surface area contributed by atoms with Crippen LogP contribution < -0.4 is 20.4 Å². The molecule has 2 amide bonds. The Bertz CT molecular complexity index is 208. The summed E-state index contributed by atoms with van der Waals surface area (Å²) in [6, 6.07) is 0. The van der Waals surface area contributed by atoms with Gasteiger partial charge in [-0.25, -0.2) is 0 Å². The first-order chi connectivity index (χ1) is 10.2. The molecule has 0 saturated heterocycles. The first kappa shape index (κ1) is 49.5. The van der Waals surface area contributed by atoms with Crippen molar-refractivity contribution in [3.05, 3.63) is 0 Å². The zero-order valence-corrected chi connectivity index (χ0v) is 16.4. The van der Waals surface area contributed by atoms with E-state index >= 15 is 0 Å². The quantitative estimate of drug-likeness (QED) is 0.243. The summed E-state index contributed by atoms with van der Waals surface area (Å²) in [5.74, 6) is 0. The Balaban J connectivity index is -0.0000000214. The molecule has 0 aromatic rings. The van der Waals surface area contributed by atoms with E-state index in [4.69, 9.17) is 39.6 Å². The minimum atomic E-state index is -0.500. The Labute approximate surface area is 164 Å². The first-order valence-electron chi connectivity index (χ1n) is 4.66. The molecule has 0 aromatic carbocycles. The van der Waals surface area contributed by atoms with Crippen LogP contribution in [0.25, 0.3) is 0 Å². The average molecular weight is 532 g/mol. The molecule has 0 atom stereocenters. The van der Waals surface area contributed by atoms with Crippen molar-refractivity contribution in [1.29, 1.82) is 0 Å². The summed E-state index contributed by atoms with van der Waals surface area (Å²) in [5, 5.41) is 33.0. The van der Waals surface area contributed by atoms with Gasteiger partial charge in [0.05, 0.1) is 0 Å². The molecule has 0 aliphatic carbocycles. The number of hydrogen-bond acceptors (Lipinski definition) is 10. The van der Waals surface area contributed by atoms with Crippen molar-refractivity contribution >= 4 is 38.7 Å². The predicted octanol–water partition coefficient (Wildman–Crippen LogP) is -7.13. The molecule has 0 spiro atoms. The van der Waals surface area contributed by atoms with Crippen LogP contribution in [0.3, 0.4) is 0 Å². The Hall–Kier alpha value is -1.93. The molecule has 0 fully saturated rings. The summed E-state index contributed by atoms with van der Waals surface area (Å²) >= 11 is 0. The minimum Gasteiger partial charge on any atom is -0.554 e. The Morgan fingerprint density at radius 3 is 0.542 bits per heavy atom. The molecule has 0 aliphatic heterocycles. The molecule has 12 nitrogen and oxygen atoms in total. The van der Waals surface area contributed by atoms with Crippen LogP contribution in [0.5, 0.6) is 0 Å². The van der Waals surface area contributed by atoms with Gasteiger partial charge in [-0.05, 0) is 0 Å². The number of carbonyl (C=O) groups excluding carboxylic acids is 6. The van der Waals surface area contributed by atoms with E-state index in [-0.39, 0.29) is 39.0 Å². The molecule has 0 saturated carbocycles. The van der Waals surface area contributed by atoms with Crippen LogP contribution in [-0.4, -0.2) is 76.7 Å². The van der Waals surface area contributed by atoms with Crippen LogP contribution in [0, 0.1) is 0 Å². The Morgan fingerprint density at radius 2 is 0.542 bits per heavy atom. The van der Waals surface area contributed by atoms with E-state index in [0.717, 1.165) is 12.8 Å². The first-order valence-corrected chi connectivity index (χ1v) is 4.66. The van der Waals surface area contributed by atoms with Crippen LogP contribution in [0.2, 0.25) is 0 Å². The van der Waals surface area contributed by atoms with Crippen molar-refractivity contribution < 1.29 is 88.1 Å². The van der Waals surface area contributed by atoms with Crippen LogP contribution in [-0.2, 0) is 67.7 Å². The van der Waals surface area contributed by atoms with Gasteiger partial charge in [0.2, 0.25) is 12.8 Å². The van der Waals surface area contributed by atoms with Gasteiger partial charge in [-0.3, -0.25) is 9.59 Å². The smallest absolute Gasteiger partial charge is 0.554 e. The second-order valence-electron chi connectivity index (χ2n) is 2.52. The minimum absolute atomic E-state index is 0. The maximum Gasteiger partial charge on any atom is 2.00 e. The summed E-state index contributed by atoms with van der Waals surface area (Å²) in [5.41, 5.74) is 0. The predicted molar refractivity (Wildman–Crippen MR) is 63.8 cm³/mol. The maximum absolute atomic E-state index is 9.43. The molecule has 0 unspecified atom stereocenters. The molecule has 0 heterocycles. The molecule has 0 bridgehead atoms. The standard InChI is InChI=1S/2C3H7NO.4CH2O2.2Rh/c2*1-4(2)3-5;4*2-1-3;;/h2*3H,1-2H3;4*1H,(H,2,3);;/q;;;;;;2*+2/p-4. The van der Waals surface area contributed by atoms with Gasteiger partial charge < -0.3 is 49.4 Å². The normalized spacial score (nSPS) is 4.83. The molecule has 14 heteroatoms. The van der Waals surface area contributed by atoms with Gasteiger partial charge in [-0.1, -0.05) is 0 Å². The van der Waals surface area contributed by atoms with E-state index in [0.29, 0.717) is 0 Å². The van der Waals surface area contributed by atoms with Gasteiger partial charge in [0, 0.05) is 54.1 Å². The molecule has 0 rings (SSSR count). The number of amides is 2. The maximum atomic E-state index is 9.43. The van der Waals surface area contributed by atoms with Gasteiger partial charge in [0.25, 0.3) is 0 Å². The van der Waals surface area contributed by atoms with E-state index in [1.807, 2.05) is 0 Å². The SMILES string of the molecule is CN(C)C=O.CN(C)C=O.O=C[O-].O=C[O-].O=C[O-].O=C[O-].[Rh+2].[Rh+2]. The van der Waals surface area contributed by atoms with Crippen molar-refractivity contribution in [2.45, 2.75) is 0 Å². The second kappa shape index (κ2) is 83.7. The molecule has 24 heavy (non-hydrogen) atoms. The summed E-state index contributed by atoms with van der Waals surface area (Å²) in [7, 11) is 6.75. The average Bonchev–Trinajstić information content (AvgIpc) is 2.43. The zero-order valence-electron chi connectivity index (χ0n) is 13.1. The van der Waals surface area contributed by atoms with Gasteiger partial charge >= 0.3 is 39.0 Å². The molecule has 2 radical (unpaired) electrons. The van der Waals surface area contributed by atoms with Crippen molar-refractivity contribution in [3.63, 3.8) is 0 Å². The fourth-order valence-corrected chi connectivity index (χ4v) is 0. The van der Waals surface area contributed by atoms with Crippen LogP contribution >= 0.6 is 0 Å². The van der Waals surface area contributed by atoms with Crippen molar-refractivity contribution in [1.82, 2.24) is 9.80 Å². The van der Waals surface area contributed by atoms with Crippen LogP contribution in [0.15, 0.2) is 0 Å². The monoisotopic (exact) mass is 532 g/mol. The third-order valence-corrected chi connectivity index (χ3v) is 0.422. The van der Waals surface area contributed by atoms with E-state index in [9.17, 15) is 9.59 Å². The molecule has 0 aromatic heterocycles. The zero-order chi connectivity index (χ0) is 19.4. The van der Waals surface area contributed by atoms with E-state index < -0.39 is 25.9 Å². The summed E-state index contributed by atoms with van der Waals surface area (Å²) < 4.78 is 0. The van der Waals surface area contributed by atoms with E-state index in [2.05, 4.69) is 0 Å². The number of carboxylic acid groups (broad SMARTS) is 4. The van der Waals surface area contributed by atoms with Crippen molar-refractivity contribution in [3.8, 4) is 0 Å². The molecule has 0 aliphatic rings. The van der Waals surface area contributed by atoms with Crippen molar-refractivity contribution in [2.24, 2.45) is 0 Å². The third-order valence-electron chi connectivity index (χ3n) is 0.422. The molecule has 146 valence electrons. The fraction of sp³-hybridized carbons (Fsp3) is 0.400. The van der Waals surface area contributed by atoms with Crippen molar-refractivity contribution in [2.75, 3.05) is 28.2 Å². The van der Waals surface area contributed by atoms with Gasteiger partial charge in [-0.2, -0.15) is 0 Å².